The topological polar surface area (TPSA) is 21.3 Å². The second-order valence-electron chi connectivity index (χ2n) is 5.13. The van der Waals surface area contributed by atoms with Gasteiger partial charge in [0, 0.05) is 5.39 Å². The van der Waals surface area contributed by atoms with E-state index >= 15 is 0 Å². The van der Waals surface area contributed by atoms with Crippen molar-refractivity contribution in [3.05, 3.63) is 42.0 Å². The summed E-state index contributed by atoms with van der Waals surface area (Å²) in [4.78, 5) is 0. The fourth-order valence-corrected chi connectivity index (χ4v) is 3.83. The lowest BCUT2D eigenvalue weighted by molar-refractivity contribution is 0.419. The Morgan fingerprint density at radius 3 is 2.63 bits per heavy atom. The fourth-order valence-electron chi connectivity index (χ4n) is 2.59. The Morgan fingerprint density at radius 2 is 1.95 bits per heavy atom. The smallest absolute Gasteiger partial charge is 0.126 e. The molecule has 2 unspecified atom stereocenters. The molecule has 2 aromatic carbocycles. The minimum atomic E-state index is 0.395. The van der Waals surface area contributed by atoms with Crippen LogP contribution in [0.4, 0.5) is 0 Å². The first-order valence-electron chi connectivity index (χ1n) is 6.70. The molecular formula is C16H19NOS. The Labute approximate surface area is 118 Å². The monoisotopic (exact) mass is 273 g/mol. The van der Waals surface area contributed by atoms with E-state index in [0.29, 0.717) is 5.37 Å². The third-order valence-electron chi connectivity index (χ3n) is 3.62. The predicted octanol–water partition coefficient (Wildman–Crippen LogP) is 3.82. The lowest BCUT2D eigenvalue weighted by Crippen LogP contribution is -2.31. The third kappa shape index (κ3) is 2.45. The minimum absolute atomic E-state index is 0.395. The molecule has 0 bridgehead atoms. The number of fused-ring (bicyclic) bond motifs is 1. The summed E-state index contributed by atoms with van der Waals surface area (Å²) in [6.07, 6.45) is 0. The maximum atomic E-state index is 5.46. The summed E-state index contributed by atoms with van der Waals surface area (Å²) < 4.78 is 5.46. The van der Waals surface area contributed by atoms with Crippen LogP contribution in [-0.4, -0.2) is 19.4 Å². The van der Waals surface area contributed by atoms with Gasteiger partial charge in [0.2, 0.25) is 0 Å². The second-order valence-corrected chi connectivity index (χ2v) is 6.27. The summed E-state index contributed by atoms with van der Waals surface area (Å²) in [5, 5.41) is 6.52. The van der Waals surface area contributed by atoms with Gasteiger partial charge in [0.25, 0.3) is 0 Å². The Hall–Kier alpha value is -1.19. The average Bonchev–Trinajstić information content (AvgIpc) is 2.47. The van der Waals surface area contributed by atoms with Crippen molar-refractivity contribution in [2.45, 2.75) is 12.3 Å². The number of rotatable bonds is 2. The van der Waals surface area contributed by atoms with E-state index in [1.165, 1.54) is 22.1 Å². The van der Waals surface area contributed by atoms with Crippen LogP contribution in [0.1, 0.15) is 17.9 Å². The van der Waals surface area contributed by atoms with Gasteiger partial charge in [-0.3, -0.25) is 0 Å². The molecule has 1 fully saturated rings. The molecule has 1 N–H and O–H groups in total. The van der Waals surface area contributed by atoms with Gasteiger partial charge in [-0.15, -0.1) is 11.8 Å². The molecule has 1 heterocycles. The Kier molecular flexibility index (Phi) is 3.67. The van der Waals surface area contributed by atoms with Crippen molar-refractivity contribution in [3.8, 4) is 5.75 Å². The highest BCUT2D eigenvalue weighted by atomic mass is 32.2. The van der Waals surface area contributed by atoms with Crippen molar-refractivity contribution in [1.82, 2.24) is 5.32 Å². The zero-order valence-electron chi connectivity index (χ0n) is 11.3. The summed E-state index contributed by atoms with van der Waals surface area (Å²) >= 11 is 2.00. The molecule has 0 aromatic heterocycles. The molecule has 3 heteroatoms. The molecule has 2 aromatic rings. The first-order chi connectivity index (χ1) is 9.29. The van der Waals surface area contributed by atoms with Crippen molar-refractivity contribution < 1.29 is 4.74 Å². The number of benzene rings is 2. The molecule has 1 saturated heterocycles. The molecular weight excluding hydrogens is 254 g/mol. The summed E-state index contributed by atoms with van der Waals surface area (Å²) in [5.41, 5.74) is 1.37. The molecule has 0 amide bonds. The maximum Gasteiger partial charge on any atom is 0.126 e. The van der Waals surface area contributed by atoms with Gasteiger partial charge in [-0.1, -0.05) is 37.3 Å². The van der Waals surface area contributed by atoms with Crippen LogP contribution in [0.5, 0.6) is 5.75 Å². The molecule has 0 spiro atoms. The molecule has 0 radical (unpaired) electrons. The maximum absolute atomic E-state index is 5.46. The summed E-state index contributed by atoms with van der Waals surface area (Å²) in [5.74, 6) is 2.93. The third-order valence-corrected chi connectivity index (χ3v) is 5.13. The Bertz CT molecular complexity index is 576. The normalized spacial score (nSPS) is 23.5. The molecule has 1 aliphatic heterocycles. The predicted molar refractivity (Wildman–Crippen MR) is 82.9 cm³/mol. The highest BCUT2D eigenvalue weighted by molar-refractivity contribution is 7.99. The van der Waals surface area contributed by atoms with E-state index in [4.69, 9.17) is 4.74 Å². The Morgan fingerprint density at radius 1 is 1.16 bits per heavy atom. The van der Waals surface area contributed by atoms with Gasteiger partial charge in [-0.25, -0.2) is 0 Å². The summed E-state index contributed by atoms with van der Waals surface area (Å²) in [7, 11) is 1.73. The van der Waals surface area contributed by atoms with Gasteiger partial charge in [-0.2, -0.15) is 0 Å². The Balaban J connectivity index is 2.04. The quantitative estimate of drug-likeness (QED) is 0.899. The van der Waals surface area contributed by atoms with E-state index < -0.39 is 0 Å². The van der Waals surface area contributed by atoms with Crippen molar-refractivity contribution in [2.24, 2.45) is 5.92 Å². The molecule has 2 atom stereocenters. The molecule has 0 aliphatic carbocycles. The van der Waals surface area contributed by atoms with Crippen LogP contribution in [0, 0.1) is 5.92 Å². The van der Waals surface area contributed by atoms with Crippen LogP contribution in [0.3, 0.4) is 0 Å². The number of thioether (sulfide) groups is 1. The van der Waals surface area contributed by atoms with E-state index in [0.717, 1.165) is 18.2 Å². The molecule has 1 aliphatic rings. The minimum Gasteiger partial charge on any atom is -0.496 e. The molecule has 19 heavy (non-hydrogen) atoms. The number of ether oxygens (including phenoxy) is 1. The molecule has 2 nitrogen and oxygen atoms in total. The first kappa shape index (κ1) is 12.8. The standard InChI is InChI=1S/C16H19NOS/c1-11-9-17-16(19-10-11)14-7-8-15(18-2)13-6-4-3-5-12(13)14/h3-8,11,16-17H,9-10H2,1-2H3. The van der Waals surface area contributed by atoms with Gasteiger partial charge in [0.15, 0.2) is 0 Å². The van der Waals surface area contributed by atoms with Gasteiger partial charge >= 0.3 is 0 Å². The van der Waals surface area contributed by atoms with E-state index in [1.54, 1.807) is 7.11 Å². The van der Waals surface area contributed by atoms with Gasteiger partial charge in [0.05, 0.1) is 12.5 Å². The highest BCUT2D eigenvalue weighted by Crippen LogP contribution is 2.38. The number of nitrogens with one attached hydrogen (secondary N) is 1. The van der Waals surface area contributed by atoms with Crippen LogP contribution < -0.4 is 10.1 Å². The average molecular weight is 273 g/mol. The summed E-state index contributed by atoms with van der Waals surface area (Å²) in [6, 6.07) is 12.8. The van der Waals surface area contributed by atoms with Gasteiger partial charge in [-0.05, 0) is 35.2 Å². The van der Waals surface area contributed by atoms with Crippen LogP contribution in [0.15, 0.2) is 36.4 Å². The van der Waals surface area contributed by atoms with Crippen LogP contribution in [0.25, 0.3) is 10.8 Å². The van der Waals surface area contributed by atoms with E-state index in [2.05, 4.69) is 48.6 Å². The van der Waals surface area contributed by atoms with E-state index in [9.17, 15) is 0 Å². The van der Waals surface area contributed by atoms with Gasteiger partial charge in [0.1, 0.15) is 5.75 Å². The van der Waals surface area contributed by atoms with Crippen LogP contribution in [0.2, 0.25) is 0 Å². The van der Waals surface area contributed by atoms with E-state index in [1.807, 2.05) is 11.8 Å². The lowest BCUT2D eigenvalue weighted by atomic mass is 10.0. The van der Waals surface area contributed by atoms with Crippen molar-refractivity contribution in [2.75, 3.05) is 19.4 Å². The van der Waals surface area contributed by atoms with E-state index in [-0.39, 0.29) is 0 Å². The van der Waals surface area contributed by atoms with Crippen LogP contribution >= 0.6 is 11.8 Å². The lowest BCUT2D eigenvalue weighted by Gasteiger charge is -2.28. The molecule has 100 valence electrons. The van der Waals surface area contributed by atoms with Crippen molar-refractivity contribution >= 4 is 22.5 Å². The van der Waals surface area contributed by atoms with Crippen molar-refractivity contribution in [3.63, 3.8) is 0 Å². The van der Waals surface area contributed by atoms with Gasteiger partial charge < -0.3 is 10.1 Å². The second kappa shape index (κ2) is 5.43. The first-order valence-corrected chi connectivity index (χ1v) is 7.75. The number of methoxy groups -OCH3 is 1. The SMILES string of the molecule is COc1ccc(C2NCC(C)CS2)c2ccccc12. The number of hydrogen-bond donors (Lipinski definition) is 1. The summed E-state index contributed by atoms with van der Waals surface area (Å²) in [6.45, 7) is 3.39. The largest absolute Gasteiger partial charge is 0.496 e. The zero-order valence-corrected chi connectivity index (χ0v) is 12.2. The molecule has 0 saturated carbocycles. The highest BCUT2D eigenvalue weighted by Gasteiger charge is 2.21. The van der Waals surface area contributed by atoms with Crippen LogP contribution in [-0.2, 0) is 0 Å². The molecule has 3 rings (SSSR count). The number of hydrogen-bond acceptors (Lipinski definition) is 3. The van der Waals surface area contributed by atoms with Crippen molar-refractivity contribution in [1.29, 1.82) is 0 Å². The zero-order chi connectivity index (χ0) is 13.2. The fraction of sp³-hybridized carbons (Fsp3) is 0.375.